The number of fused-ring (bicyclic) bond motifs is 2. The van der Waals surface area contributed by atoms with Crippen LogP contribution in [0.3, 0.4) is 0 Å². The van der Waals surface area contributed by atoms with E-state index in [-0.39, 0.29) is 23.1 Å². The zero-order chi connectivity index (χ0) is 30.6. The highest BCUT2D eigenvalue weighted by Gasteiger charge is 2.26. The Labute approximate surface area is 300 Å². The van der Waals surface area contributed by atoms with Crippen molar-refractivity contribution in [2.75, 3.05) is 0 Å². The molecule has 0 radical (unpaired) electrons. The van der Waals surface area contributed by atoms with E-state index in [1.807, 2.05) is 140 Å². The third-order valence-electron chi connectivity index (χ3n) is 7.19. The van der Waals surface area contributed by atoms with Crippen LogP contribution in [-0.4, -0.2) is 21.8 Å². The summed E-state index contributed by atoms with van der Waals surface area (Å²) in [5.41, 5.74) is 3.99. The molecular weight excluding hydrogens is 1000 g/mol. The standard InChI is InChI=1S/C33H20I4O6/c1-2-24-28(30(38)16-11-20(34)32(40)21(35)12-16)19-8-7-15(9-26(19)42-24)10-27-29(18-5-3-4-6-25(18)43-27)31(39)17-13-22(36)33(41)23(37)14-17/h3-9,11-14,40-41H,2,10H2,1H3. The first-order valence-corrected chi connectivity index (χ1v) is 17.4. The number of ketones is 2. The molecule has 2 heterocycles. The van der Waals surface area contributed by atoms with Gasteiger partial charge in [0.05, 0.1) is 25.4 Å². The number of hydrogen-bond acceptors (Lipinski definition) is 6. The molecule has 43 heavy (non-hydrogen) atoms. The minimum atomic E-state index is -0.186. The second-order valence-corrected chi connectivity index (χ2v) is 14.5. The van der Waals surface area contributed by atoms with Crippen molar-refractivity contribution in [3.8, 4) is 11.5 Å². The van der Waals surface area contributed by atoms with Crippen LogP contribution in [0.2, 0.25) is 0 Å². The maximum absolute atomic E-state index is 13.9. The lowest BCUT2D eigenvalue weighted by molar-refractivity contribution is 0.103. The normalized spacial score (nSPS) is 11.5. The molecule has 6 rings (SSSR count). The number of furan rings is 2. The largest absolute Gasteiger partial charge is 0.506 e. The summed E-state index contributed by atoms with van der Waals surface area (Å²) in [7, 11) is 0. The van der Waals surface area contributed by atoms with Gasteiger partial charge in [0.1, 0.15) is 34.2 Å². The summed E-state index contributed by atoms with van der Waals surface area (Å²) in [6.07, 6.45) is 0.863. The maximum Gasteiger partial charge on any atom is 0.197 e. The molecule has 4 aromatic carbocycles. The summed E-state index contributed by atoms with van der Waals surface area (Å²) >= 11 is 8.09. The SMILES string of the molecule is CCc1oc2cc(Cc3oc4ccccc4c3C(=O)c3cc(I)c(O)c(I)c3)ccc2c1C(=O)c1cc(I)c(O)c(I)c1. The molecule has 6 aromatic rings. The van der Waals surface area contributed by atoms with Gasteiger partial charge in [-0.3, -0.25) is 9.59 Å². The van der Waals surface area contributed by atoms with Gasteiger partial charge in [0.2, 0.25) is 0 Å². The van der Waals surface area contributed by atoms with Crippen LogP contribution in [0, 0.1) is 14.3 Å². The quantitative estimate of drug-likeness (QED) is 0.122. The van der Waals surface area contributed by atoms with E-state index in [0.717, 1.165) is 10.9 Å². The van der Waals surface area contributed by atoms with Crippen molar-refractivity contribution in [2.45, 2.75) is 19.8 Å². The Hall–Kier alpha value is -2.18. The third kappa shape index (κ3) is 5.72. The predicted molar refractivity (Wildman–Crippen MR) is 199 cm³/mol. The first kappa shape index (κ1) is 30.8. The van der Waals surface area contributed by atoms with Crippen LogP contribution in [0.15, 0.2) is 75.6 Å². The zero-order valence-electron chi connectivity index (χ0n) is 22.3. The second kappa shape index (κ2) is 12.3. The second-order valence-electron chi connectivity index (χ2n) is 9.89. The van der Waals surface area contributed by atoms with Gasteiger partial charge in [-0.1, -0.05) is 37.3 Å². The molecule has 2 N–H and O–H groups in total. The fourth-order valence-electron chi connectivity index (χ4n) is 5.14. The van der Waals surface area contributed by atoms with E-state index in [0.29, 0.717) is 77.4 Å². The maximum atomic E-state index is 13.9. The van der Waals surface area contributed by atoms with Crippen LogP contribution in [-0.2, 0) is 12.8 Å². The van der Waals surface area contributed by atoms with E-state index >= 15 is 0 Å². The smallest absolute Gasteiger partial charge is 0.197 e. The van der Waals surface area contributed by atoms with Crippen molar-refractivity contribution in [1.29, 1.82) is 0 Å². The average molecular weight is 1020 g/mol. The molecule has 10 heteroatoms. The highest BCUT2D eigenvalue weighted by Crippen LogP contribution is 2.36. The molecule has 216 valence electrons. The summed E-state index contributed by atoms with van der Waals surface area (Å²) < 4.78 is 14.8. The molecule has 0 saturated carbocycles. The number of para-hydroxylation sites is 1. The van der Waals surface area contributed by atoms with E-state index in [9.17, 15) is 19.8 Å². The predicted octanol–water partition coefficient (Wildman–Crippen LogP) is 9.62. The Kier molecular flexibility index (Phi) is 8.83. The molecule has 0 unspecified atom stereocenters. The van der Waals surface area contributed by atoms with Gasteiger partial charge in [0, 0.05) is 34.7 Å². The number of phenolic OH excluding ortho intramolecular Hbond substituents is 2. The summed E-state index contributed by atoms with van der Waals surface area (Å²) in [5, 5.41) is 21.8. The number of hydrogen-bond donors (Lipinski definition) is 2. The summed E-state index contributed by atoms with van der Waals surface area (Å²) in [6, 6.07) is 19.9. The number of carbonyl (C=O) groups is 2. The van der Waals surface area contributed by atoms with Gasteiger partial charge < -0.3 is 19.0 Å². The summed E-state index contributed by atoms with van der Waals surface area (Å²) in [5.74, 6) is 1.08. The van der Waals surface area contributed by atoms with E-state index < -0.39 is 0 Å². The fraction of sp³-hybridized carbons (Fsp3) is 0.0909. The van der Waals surface area contributed by atoms with Crippen molar-refractivity contribution in [1.82, 2.24) is 0 Å². The van der Waals surface area contributed by atoms with Crippen molar-refractivity contribution in [3.63, 3.8) is 0 Å². The molecule has 0 aliphatic heterocycles. The number of phenols is 2. The van der Waals surface area contributed by atoms with Crippen molar-refractivity contribution in [2.24, 2.45) is 0 Å². The lowest BCUT2D eigenvalue weighted by Crippen LogP contribution is -2.06. The minimum Gasteiger partial charge on any atom is -0.506 e. The van der Waals surface area contributed by atoms with E-state index in [1.165, 1.54) is 0 Å². The van der Waals surface area contributed by atoms with Gasteiger partial charge in [0.15, 0.2) is 11.6 Å². The molecule has 0 atom stereocenters. The third-order valence-corrected chi connectivity index (χ3v) is 10.5. The molecule has 0 amide bonds. The molecule has 0 aliphatic rings. The summed E-state index contributed by atoms with van der Waals surface area (Å²) in [4.78, 5) is 27.6. The molecule has 6 nitrogen and oxygen atoms in total. The van der Waals surface area contributed by atoms with Crippen LogP contribution >= 0.6 is 90.4 Å². The van der Waals surface area contributed by atoms with Crippen LogP contribution < -0.4 is 0 Å². The van der Waals surface area contributed by atoms with Gasteiger partial charge in [-0.2, -0.15) is 0 Å². The lowest BCUT2D eigenvalue weighted by Gasteiger charge is -2.07. The number of aryl methyl sites for hydroxylation is 1. The number of benzene rings is 4. The highest BCUT2D eigenvalue weighted by molar-refractivity contribution is 14.1. The molecule has 0 spiro atoms. The Morgan fingerprint density at radius 3 is 1.70 bits per heavy atom. The molecular formula is C33H20I4O6. The molecule has 0 aliphatic carbocycles. The topological polar surface area (TPSA) is 101 Å². The lowest BCUT2D eigenvalue weighted by atomic mass is 9.96. The summed E-state index contributed by atoms with van der Waals surface area (Å²) in [6.45, 7) is 1.94. The Balaban J connectivity index is 1.41. The molecule has 0 saturated heterocycles. The fourth-order valence-corrected chi connectivity index (χ4v) is 8.67. The van der Waals surface area contributed by atoms with Crippen molar-refractivity contribution in [3.05, 3.63) is 120 Å². The van der Waals surface area contributed by atoms with Gasteiger partial charge in [-0.15, -0.1) is 0 Å². The first-order chi connectivity index (χ1) is 20.6. The Morgan fingerprint density at radius 2 is 1.14 bits per heavy atom. The van der Waals surface area contributed by atoms with Crippen LogP contribution in [0.4, 0.5) is 0 Å². The van der Waals surface area contributed by atoms with Crippen LogP contribution in [0.25, 0.3) is 21.9 Å². The minimum absolute atomic E-state index is 0.154. The van der Waals surface area contributed by atoms with Gasteiger partial charge in [0.25, 0.3) is 0 Å². The van der Waals surface area contributed by atoms with E-state index in [1.54, 1.807) is 24.3 Å². The van der Waals surface area contributed by atoms with E-state index in [2.05, 4.69) is 0 Å². The van der Waals surface area contributed by atoms with Crippen molar-refractivity contribution < 1.29 is 28.6 Å². The van der Waals surface area contributed by atoms with E-state index in [4.69, 9.17) is 8.83 Å². The van der Waals surface area contributed by atoms with Gasteiger partial charge in [-0.05, 0) is 132 Å². The molecule has 0 fully saturated rings. The van der Waals surface area contributed by atoms with Gasteiger partial charge >= 0.3 is 0 Å². The van der Waals surface area contributed by atoms with Crippen molar-refractivity contribution >= 4 is 124 Å². The number of rotatable bonds is 7. The highest BCUT2D eigenvalue weighted by atomic mass is 127. The molecule has 0 bridgehead atoms. The van der Waals surface area contributed by atoms with Gasteiger partial charge in [-0.25, -0.2) is 0 Å². The average Bonchev–Trinajstić information content (AvgIpc) is 3.54. The first-order valence-electron chi connectivity index (χ1n) is 13.1. The zero-order valence-corrected chi connectivity index (χ0v) is 30.9. The number of halogens is 4. The van der Waals surface area contributed by atoms with Crippen LogP contribution in [0.1, 0.15) is 55.9 Å². The number of carbonyl (C=O) groups excluding carboxylic acids is 2. The van der Waals surface area contributed by atoms with Crippen LogP contribution in [0.5, 0.6) is 11.5 Å². The Morgan fingerprint density at radius 1 is 0.651 bits per heavy atom. The monoisotopic (exact) mass is 1020 g/mol. The molecule has 2 aromatic heterocycles. The number of aromatic hydroxyl groups is 2. The Bertz CT molecular complexity index is 2060.